The van der Waals surface area contributed by atoms with Gasteiger partial charge in [0.25, 0.3) is 0 Å². The van der Waals surface area contributed by atoms with Gasteiger partial charge in [-0.2, -0.15) is 0 Å². The molecule has 0 fully saturated rings. The van der Waals surface area contributed by atoms with Crippen molar-refractivity contribution in [2.24, 2.45) is 0 Å². The first-order chi connectivity index (χ1) is 7.24. The lowest BCUT2D eigenvalue weighted by Gasteiger charge is -2.05. The average molecular weight is 240 g/mol. The van der Waals surface area contributed by atoms with Crippen LogP contribution >= 0.6 is 12.4 Å². The van der Waals surface area contributed by atoms with Crippen LogP contribution in [-0.2, 0) is 0 Å². The van der Waals surface area contributed by atoms with E-state index in [1.165, 1.54) is 12.1 Å². The molecule has 2 nitrogen and oxygen atoms in total. The average Bonchev–Trinajstić information content (AvgIpc) is 2.22. The van der Waals surface area contributed by atoms with Gasteiger partial charge in [0.05, 0.1) is 0 Å². The van der Waals surface area contributed by atoms with Crippen molar-refractivity contribution < 1.29 is 9.13 Å². The summed E-state index contributed by atoms with van der Waals surface area (Å²) in [6, 6.07) is 12.9. The van der Waals surface area contributed by atoms with Crippen LogP contribution in [0.3, 0.4) is 0 Å². The number of halogens is 2. The highest BCUT2D eigenvalue weighted by Crippen LogP contribution is 2.22. The lowest BCUT2D eigenvalue weighted by molar-refractivity contribution is 0.477. The van der Waals surface area contributed by atoms with Crippen LogP contribution in [0.2, 0.25) is 0 Å². The van der Waals surface area contributed by atoms with Gasteiger partial charge in [-0.05, 0) is 36.4 Å². The van der Waals surface area contributed by atoms with Gasteiger partial charge >= 0.3 is 0 Å². The van der Waals surface area contributed by atoms with E-state index in [2.05, 4.69) is 0 Å². The van der Waals surface area contributed by atoms with E-state index in [1.54, 1.807) is 36.4 Å². The summed E-state index contributed by atoms with van der Waals surface area (Å²) in [5.74, 6) is 0.789. The summed E-state index contributed by atoms with van der Waals surface area (Å²) in [5.41, 5.74) is 6.20. The van der Waals surface area contributed by atoms with E-state index in [0.717, 1.165) is 0 Å². The Hall–Kier alpha value is -1.74. The fraction of sp³-hybridized carbons (Fsp3) is 0. The predicted molar refractivity (Wildman–Crippen MR) is 64.6 cm³/mol. The van der Waals surface area contributed by atoms with Crippen molar-refractivity contribution in [2.75, 3.05) is 5.73 Å². The molecule has 16 heavy (non-hydrogen) atoms. The third kappa shape index (κ3) is 3.14. The summed E-state index contributed by atoms with van der Waals surface area (Å²) < 4.78 is 18.3. The van der Waals surface area contributed by atoms with E-state index in [1.807, 2.05) is 0 Å². The molecule has 84 valence electrons. The Labute approximate surface area is 99.3 Å². The predicted octanol–water partition coefficient (Wildman–Crippen LogP) is 3.62. The molecule has 0 saturated carbocycles. The third-order valence-electron chi connectivity index (χ3n) is 1.91. The van der Waals surface area contributed by atoms with Crippen LogP contribution in [0.1, 0.15) is 0 Å². The molecule has 0 saturated heterocycles. The zero-order valence-electron chi connectivity index (χ0n) is 8.39. The highest BCUT2D eigenvalue weighted by atomic mass is 35.5. The molecule has 0 unspecified atom stereocenters. The monoisotopic (exact) mass is 239 g/mol. The lowest BCUT2D eigenvalue weighted by atomic mass is 10.3. The van der Waals surface area contributed by atoms with Gasteiger partial charge in [-0.3, -0.25) is 0 Å². The standard InChI is InChI=1S/C12H10FNO.ClH/c13-9-2-1-3-12(8-9)15-11-6-4-10(14)5-7-11;/h1-8H,14H2;1H. The maximum atomic E-state index is 12.8. The Morgan fingerprint density at radius 1 is 0.938 bits per heavy atom. The van der Waals surface area contributed by atoms with E-state index in [0.29, 0.717) is 17.2 Å². The number of anilines is 1. The number of ether oxygens (including phenoxy) is 1. The molecular weight excluding hydrogens is 229 g/mol. The van der Waals surface area contributed by atoms with Crippen LogP contribution in [0.5, 0.6) is 11.5 Å². The Kier molecular flexibility index (Phi) is 4.14. The number of hydrogen-bond donors (Lipinski definition) is 1. The fourth-order valence-corrected chi connectivity index (χ4v) is 1.20. The zero-order chi connectivity index (χ0) is 10.7. The maximum Gasteiger partial charge on any atom is 0.130 e. The normalized spacial score (nSPS) is 9.31. The topological polar surface area (TPSA) is 35.2 Å². The molecule has 0 atom stereocenters. The van der Waals surface area contributed by atoms with E-state index in [4.69, 9.17) is 10.5 Å². The quantitative estimate of drug-likeness (QED) is 0.813. The second kappa shape index (κ2) is 5.37. The van der Waals surface area contributed by atoms with Crippen LogP contribution < -0.4 is 10.5 Å². The zero-order valence-corrected chi connectivity index (χ0v) is 9.21. The van der Waals surface area contributed by atoms with Crippen molar-refractivity contribution in [3.63, 3.8) is 0 Å². The first kappa shape index (κ1) is 12.3. The first-order valence-electron chi connectivity index (χ1n) is 4.53. The Balaban J connectivity index is 0.00000128. The van der Waals surface area contributed by atoms with Crippen molar-refractivity contribution in [3.05, 3.63) is 54.3 Å². The number of nitrogen functional groups attached to an aromatic ring is 1. The number of nitrogens with two attached hydrogens (primary N) is 1. The maximum absolute atomic E-state index is 12.8. The van der Waals surface area contributed by atoms with Crippen LogP contribution in [-0.4, -0.2) is 0 Å². The summed E-state index contributed by atoms with van der Waals surface area (Å²) in [4.78, 5) is 0. The van der Waals surface area contributed by atoms with Gasteiger partial charge < -0.3 is 10.5 Å². The van der Waals surface area contributed by atoms with E-state index < -0.39 is 0 Å². The van der Waals surface area contributed by atoms with Gasteiger partial charge in [0.1, 0.15) is 17.3 Å². The van der Waals surface area contributed by atoms with Gasteiger partial charge in [-0.1, -0.05) is 6.07 Å². The van der Waals surface area contributed by atoms with Crippen LogP contribution in [0.4, 0.5) is 10.1 Å². The molecule has 2 rings (SSSR count). The van der Waals surface area contributed by atoms with E-state index >= 15 is 0 Å². The third-order valence-corrected chi connectivity index (χ3v) is 1.91. The molecule has 0 aliphatic rings. The summed E-state index contributed by atoms with van der Waals surface area (Å²) in [7, 11) is 0. The lowest BCUT2D eigenvalue weighted by Crippen LogP contribution is -1.87. The minimum absolute atomic E-state index is 0. The Bertz CT molecular complexity index is 459. The van der Waals surface area contributed by atoms with Crippen molar-refractivity contribution in [3.8, 4) is 11.5 Å². The molecule has 0 radical (unpaired) electrons. The second-order valence-electron chi connectivity index (χ2n) is 3.13. The number of rotatable bonds is 2. The SMILES string of the molecule is Cl.Nc1ccc(Oc2cccc(F)c2)cc1. The molecule has 0 aromatic heterocycles. The first-order valence-corrected chi connectivity index (χ1v) is 4.53. The van der Waals surface area contributed by atoms with Gasteiger partial charge in [-0.25, -0.2) is 4.39 Å². The summed E-state index contributed by atoms with van der Waals surface area (Å²) in [6.07, 6.45) is 0. The highest BCUT2D eigenvalue weighted by molar-refractivity contribution is 5.85. The van der Waals surface area contributed by atoms with Crippen LogP contribution in [0.15, 0.2) is 48.5 Å². The van der Waals surface area contributed by atoms with Crippen LogP contribution in [0.25, 0.3) is 0 Å². The van der Waals surface area contributed by atoms with Gasteiger partial charge in [0.2, 0.25) is 0 Å². The van der Waals surface area contributed by atoms with E-state index in [-0.39, 0.29) is 18.2 Å². The van der Waals surface area contributed by atoms with E-state index in [9.17, 15) is 4.39 Å². The largest absolute Gasteiger partial charge is 0.457 e. The highest BCUT2D eigenvalue weighted by Gasteiger charge is 1.97. The van der Waals surface area contributed by atoms with Gasteiger partial charge in [-0.15, -0.1) is 12.4 Å². The molecule has 2 N–H and O–H groups in total. The van der Waals surface area contributed by atoms with Crippen molar-refractivity contribution >= 4 is 18.1 Å². The molecule has 4 heteroatoms. The van der Waals surface area contributed by atoms with Crippen molar-refractivity contribution in [2.45, 2.75) is 0 Å². The molecule has 0 amide bonds. The number of hydrogen-bond acceptors (Lipinski definition) is 2. The molecule has 0 aliphatic heterocycles. The Morgan fingerprint density at radius 2 is 1.62 bits per heavy atom. The minimum Gasteiger partial charge on any atom is -0.457 e. The summed E-state index contributed by atoms with van der Waals surface area (Å²) in [5, 5.41) is 0. The molecule has 2 aromatic carbocycles. The smallest absolute Gasteiger partial charge is 0.130 e. The van der Waals surface area contributed by atoms with Gasteiger partial charge in [0.15, 0.2) is 0 Å². The second-order valence-corrected chi connectivity index (χ2v) is 3.13. The molecule has 0 spiro atoms. The Morgan fingerprint density at radius 3 is 2.25 bits per heavy atom. The minimum atomic E-state index is -0.317. The molecular formula is C12H11ClFNO. The molecule has 0 heterocycles. The molecule has 0 bridgehead atoms. The fourth-order valence-electron chi connectivity index (χ4n) is 1.20. The van der Waals surface area contributed by atoms with Crippen molar-refractivity contribution in [1.82, 2.24) is 0 Å². The molecule has 2 aromatic rings. The number of benzene rings is 2. The summed E-state index contributed by atoms with van der Waals surface area (Å²) in [6.45, 7) is 0. The van der Waals surface area contributed by atoms with Crippen molar-refractivity contribution in [1.29, 1.82) is 0 Å². The van der Waals surface area contributed by atoms with Gasteiger partial charge in [0, 0.05) is 11.8 Å². The van der Waals surface area contributed by atoms with Crippen LogP contribution in [0, 0.1) is 5.82 Å². The molecule has 0 aliphatic carbocycles. The summed E-state index contributed by atoms with van der Waals surface area (Å²) >= 11 is 0.